The number of thiophene rings is 1. The molecule has 1 N–H and O–H groups in total. The standard InChI is InChI=1S/C7H6N2SSe/c1-2-6(10-5-1)11-7-8-3-4-9-7/h1-5H,(H,8,9). The van der Waals surface area contributed by atoms with E-state index in [-0.39, 0.29) is 0 Å². The summed E-state index contributed by atoms with van der Waals surface area (Å²) in [7, 11) is 0. The molecular formula is C7H6N2SSe. The van der Waals surface area contributed by atoms with Gasteiger partial charge >= 0.3 is 74.7 Å². The molecule has 2 aromatic rings. The first-order valence-electron chi connectivity index (χ1n) is 3.16. The van der Waals surface area contributed by atoms with Crippen LogP contribution in [-0.2, 0) is 0 Å². The Morgan fingerprint density at radius 1 is 1.55 bits per heavy atom. The summed E-state index contributed by atoms with van der Waals surface area (Å²) < 4.78 is 2.51. The topological polar surface area (TPSA) is 28.7 Å². The van der Waals surface area contributed by atoms with Crippen molar-refractivity contribution in [3.05, 3.63) is 29.9 Å². The molecule has 56 valence electrons. The van der Waals surface area contributed by atoms with Crippen LogP contribution < -0.4 is 8.50 Å². The van der Waals surface area contributed by atoms with E-state index in [2.05, 4.69) is 27.5 Å². The molecule has 0 spiro atoms. The summed E-state index contributed by atoms with van der Waals surface area (Å²) >= 11 is 2.16. The van der Waals surface area contributed by atoms with Crippen LogP contribution in [0.4, 0.5) is 0 Å². The van der Waals surface area contributed by atoms with Crippen LogP contribution in [0.2, 0.25) is 0 Å². The SMILES string of the molecule is c1csc([Se]c2ncc[nH]2)c1. The number of hydrogen-bond donors (Lipinski definition) is 1. The van der Waals surface area contributed by atoms with Gasteiger partial charge in [0.05, 0.1) is 0 Å². The number of aromatic nitrogens is 2. The molecule has 2 nitrogen and oxygen atoms in total. The monoisotopic (exact) mass is 230 g/mol. The van der Waals surface area contributed by atoms with Crippen LogP contribution in [0.1, 0.15) is 0 Å². The van der Waals surface area contributed by atoms with E-state index in [0.29, 0.717) is 15.0 Å². The summed E-state index contributed by atoms with van der Waals surface area (Å²) in [5, 5.41) is 2.10. The number of nitrogens with one attached hydrogen (secondary N) is 1. The minimum absolute atomic E-state index is 0.373. The zero-order chi connectivity index (χ0) is 7.52. The van der Waals surface area contributed by atoms with Crippen LogP contribution in [0.3, 0.4) is 0 Å². The van der Waals surface area contributed by atoms with Gasteiger partial charge in [0, 0.05) is 0 Å². The van der Waals surface area contributed by atoms with Crippen molar-refractivity contribution in [1.29, 1.82) is 0 Å². The summed E-state index contributed by atoms with van der Waals surface area (Å²) in [4.78, 5) is 7.27. The first-order chi connectivity index (χ1) is 5.45. The number of aromatic amines is 1. The maximum atomic E-state index is 4.17. The molecule has 0 fully saturated rings. The summed E-state index contributed by atoms with van der Waals surface area (Å²) in [6.45, 7) is 0. The quantitative estimate of drug-likeness (QED) is 0.728. The molecule has 0 saturated heterocycles. The second-order valence-corrected chi connectivity index (χ2v) is 5.62. The normalized spacial score (nSPS) is 10.2. The average molecular weight is 229 g/mol. The predicted octanol–water partition coefficient (Wildman–Crippen LogP) is 0.126. The Morgan fingerprint density at radius 2 is 2.55 bits per heavy atom. The molecule has 0 amide bonds. The molecule has 0 aliphatic rings. The molecule has 11 heavy (non-hydrogen) atoms. The van der Waals surface area contributed by atoms with Crippen molar-refractivity contribution in [3.8, 4) is 0 Å². The molecule has 2 aromatic heterocycles. The van der Waals surface area contributed by atoms with Crippen molar-refractivity contribution in [2.75, 3.05) is 0 Å². The van der Waals surface area contributed by atoms with Gasteiger partial charge in [0.2, 0.25) is 0 Å². The number of hydrogen-bond acceptors (Lipinski definition) is 2. The van der Waals surface area contributed by atoms with Gasteiger partial charge in [0.1, 0.15) is 0 Å². The number of imidazole rings is 1. The molecule has 0 saturated carbocycles. The van der Waals surface area contributed by atoms with Crippen molar-refractivity contribution in [1.82, 2.24) is 9.97 Å². The van der Waals surface area contributed by atoms with Gasteiger partial charge in [-0.15, -0.1) is 0 Å². The van der Waals surface area contributed by atoms with Crippen LogP contribution in [0, 0.1) is 0 Å². The second kappa shape index (κ2) is 3.22. The number of H-pyrrole nitrogens is 1. The molecule has 0 atom stereocenters. The Bertz CT molecular complexity index is 269. The zero-order valence-electron chi connectivity index (χ0n) is 5.65. The van der Waals surface area contributed by atoms with Gasteiger partial charge in [0.25, 0.3) is 0 Å². The third kappa shape index (κ3) is 1.71. The summed E-state index contributed by atoms with van der Waals surface area (Å²) in [6.07, 6.45) is 3.66. The molecule has 0 unspecified atom stereocenters. The summed E-state index contributed by atoms with van der Waals surface area (Å²) in [6, 6.07) is 4.22. The summed E-state index contributed by atoms with van der Waals surface area (Å²) in [5.41, 5.74) is 0. The Morgan fingerprint density at radius 3 is 3.18 bits per heavy atom. The van der Waals surface area contributed by atoms with E-state index in [1.54, 1.807) is 17.5 Å². The van der Waals surface area contributed by atoms with Crippen LogP contribution in [0.5, 0.6) is 0 Å². The predicted molar refractivity (Wildman–Crippen MR) is 47.9 cm³/mol. The Hall–Kier alpha value is -0.571. The molecular weight excluding hydrogens is 223 g/mol. The van der Waals surface area contributed by atoms with Crippen molar-refractivity contribution in [3.63, 3.8) is 0 Å². The molecule has 0 radical (unpaired) electrons. The first kappa shape index (κ1) is 7.10. The van der Waals surface area contributed by atoms with Crippen molar-refractivity contribution in [2.24, 2.45) is 0 Å². The molecule has 0 bridgehead atoms. The van der Waals surface area contributed by atoms with Gasteiger partial charge in [-0.05, 0) is 0 Å². The van der Waals surface area contributed by atoms with E-state index in [1.165, 1.54) is 3.78 Å². The van der Waals surface area contributed by atoms with E-state index in [9.17, 15) is 0 Å². The van der Waals surface area contributed by atoms with Crippen LogP contribution in [-0.4, -0.2) is 24.9 Å². The average Bonchev–Trinajstić information content (AvgIpc) is 2.60. The first-order valence-corrected chi connectivity index (χ1v) is 5.75. The van der Waals surface area contributed by atoms with Gasteiger partial charge in [0.15, 0.2) is 0 Å². The maximum absolute atomic E-state index is 4.17. The zero-order valence-corrected chi connectivity index (χ0v) is 8.18. The van der Waals surface area contributed by atoms with E-state index in [0.717, 1.165) is 4.72 Å². The van der Waals surface area contributed by atoms with E-state index >= 15 is 0 Å². The Kier molecular flexibility index (Phi) is 2.08. The fraction of sp³-hybridized carbons (Fsp3) is 0. The van der Waals surface area contributed by atoms with Crippen LogP contribution >= 0.6 is 11.3 Å². The third-order valence-corrected chi connectivity index (χ3v) is 4.45. The Labute approximate surface area is 74.8 Å². The summed E-state index contributed by atoms with van der Waals surface area (Å²) in [5.74, 6) is 0. The minimum atomic E-state index is 0.373. The molecule has 0 aliphatic carbocycles. The third-order valence-electron chi connectivity index (χ3n) is 1.17. The van der Waals surface area contributed by atoms with Crippen LogP contribution in [0.15, 0.2) is 29.9 Å². The number of nitrogens with zero attached hydrogens (tertiary/aromatic N) is 1. The van der Waals surface area contributed by atoms with Crippen LogP contribution in [0.25, 0.3) is 0 Å². The second-order valence-electron chi connectivity index (χ2n) is 1.93. The number of rotatable bonds is 2. The molecule has 2 heterocycles. The van der Waals surface area contributed by atoms with Gasteiger partial charge < -0.3 is 0 Å². The fourth-order valence-electron chi connectivity index (χ4n) is 0.723. The van der Waals surface area contributed by atoms with Gasteiger partial charge in [-0.1, -0.05) is 0 Å². The Balaban J connectivity index is 2.14. The van der Waals surface area contributed by atoms with Crippen molar-refractivity contribution < 1.29 is 0 Å². The fourth-order valence-corrected chi connectivity index (χ4v) is 3.49. The van der Waals surface area contributed by atoms with Gasteiger partial charge in [-0.25, -0.2) is 0 Å². The molecule has 2 rings (SSSR count). The van der Waals surface area contributed by atoms with E-state index in [4.69, 9.17) is 0 Å². The van der Waals surface area contributed by atoms with Gasteiger partial charge in [-0.2, -0.15) is 0 Å². The van der Waals surface area contributed by atoms with Gasteiger partial charge in [-0.3, -0.25) is 0 Å². The molecule has 0 aliphatic heterocycles. The van der Waals surface area contributed by atoms with E-state index < -0.39 is 0 Å². The van der Waals surface area contributed by atoms with E-state index in [1.807, 2.05) is 6.20 Å². The molecule has 0 aromatic carbocycles. The van der Waals surface area contributed by atoms with Crippen molar-refractivity contribution in [2.45, 2.75) is 0 Å². The van der Waals surface area contributed by atoms with Crippen molar-refractivity contribution >= 4 is 34.8 Å². The molecule has 4 heteroatoms.